The molecule has 3 heteroatoms. The number of nitrogens with zero attached hydrogens (tertiary/aromatic N) is 1. The van der Waals surface area contributed by atoms with Gasteiger partial charge in [-0.3, -0.25) is 4.99 Å². The predicted molar refractivity (Wildman–Crippen MR) is 44.4 cm³/mol. The average molecular weight is 135 g/mol. The van der Waals surface area contributed by atoms with E-state index in [9.17, 15) is 0 Å². The van der Waals surface area contributed by atoms with E-state index in [2.05, 4.69) is 11.6 Å². The minimum atomic E-state index is 0.498. The van der Waals surface area contributed by atoms with Gasteiger partial charge in [-0.2, -0.15) is 0 Å². The van der Waals surface area contributed by atoms with Crippen LogP contribution in [0.2, 0.25) is 0 Å². The first-order valence-electron chi connectivity index (χ1n) is 2.85. The Bertz CT molecular complexity index is 172. The molecule has 0 fully saturated rings. The number of methoxy groups -OCH3 is 1. The molecule has 0 rings (SSSR count). The van der Waals surface area contributed by atoms with Crippen molar-refractivity contribution < 1.29 is 4.74 Å². The van der Waals surface area contributed by atoms with Gasteiger partial charge in [0.1, 0.15) is 7.85 Å². The normalized spacial score (nSPS) is 13.0. The van der Waals surface area contributed by atoms with Crippen LogP contribution in [0.15, 0.2) is 29.2 Å². The molecule has 2 radical (unpaired) electrons. The molecule has 0 aromatic rings. The summed E-state index contributed by atoms with van der Waals surface area (Å²) in [6, 6.07) is 0. The molecule has 0 spiro atoms. The van der Waals surface area contributed by atoms with Gasteiger partial charge >= 0.3 is 0 Å². The predicted octanol–water partition coefficient (Wildman–Crippen LogP) is 0.899. The second-order valence-corrected chi connectivity index (χ2v) is 1.61. The second-order valence-electron chi connectivity index (χ2n) is 1.61. The van der Waals surface area contributed by atoms with Crippen LogP contribution >= 0.6 is 0 Å². The van der Waals surface area contributed by atoms with Crippen LogP contribution in [0.25, 0.3) is 0 Å². The minimum absolute atomic E-state index is 0.498. The Hall–Kier alpha value is -0.985. The molecule has 0 aliphatic rings. The van der Waals surface area contributed by atoms with E-state index in [1.54, 1.807) is 13.1 Å². The van der Waals surface area contributed by atoms with E-state index in [4.69, 9.17) is 12.6 Å². The van der Waals surface area contributed by atoms with E-state index >= 15 is 0 Å². The first-order valence-corrected chi connectivity index (χ1v) is 2.85. The van der Waals surface area contributed by atoms with Crippen molar-refractivity contribution in [3.8, 4) is 0 Å². The van der Waals surface area contributed by atoms with Crippen LogP contribution < -0.4 is 0 Å². The lowest BCUT2D eigenvalue weighted by Gasteiger charge is -1.97. The van der Waals surface area contributed by atoms with Crippen molar-refractivity contribution in [2.45, 2.75) is 0 Å². The van der Waals surface area contributed by atoms with Crippen molar-refractivity contribution in [2.75, 3.05) is 14.2 Å². The third-order valence-corrected chi connectivity index (χ3v) is 0.955. The number of hydrogen-bond acceptors (Lipinski definition) is 2. The van der Waals surface area contributed by atoms with Crippen molar-refractivity contribution in [3.05, 3.63) is 24.2 Å². The highest BCUT2D eigenvalue weighted by Gasteiger charge is 1.88. The standard InChI is InChI=1S/C7H10BNO/c1-4-6(8)5-7(9-2)10-3/h4-5H,1H2,2-3H3/b6-5+,9-7?. The maximum Gasteiger partial charge on any atom is 0.207 e. The third kappa shape index (κ3) is 3.12. The Morgan fingerprint density at radius 1 is 1.70 bits per heavy atom. The molecule has 10 heavy (non-hydrogen) atoms. The van der Waals surface area contributed by atoms with Gasteiger partial charge in [0, 0.05) is 7.05 Å². The Morgan fingerprint density at radius 3 is 2.60 bits per heavy atom. The van der Waals surface area contributed by atoms with Crippen molar-refractivity contribution in [2.24, 2.45) is 4.99 Å². The highest BCUT2D eigenvalue weighted by molar-refractivity contribution is 6.25. The molecule has 0 aliphatic carbocycles. The molecule has 2 nitrogen and oxygen atoms in total. The van der Waals surface area contributed by atoms with Crippen molar-refractivity contribution in [1.82, 2.24) is 0 Å². The molecule has 0 aromatic carbocycles. The fourth-order valence-electron chi connectivity index (χ4n) is 0.416. The molecule has 0 aromatic heterocycles. The quantitative estimate of drug-likeness (QED) is 0.238. The van der Waals surface area contributed by atoms with Crippen LogP contribution in [-0.2, 0) is 4.74 Å². The molecule has 0 aliphatic heterocycles. The molecule has 0 atom stereocenters. The SMILES string of the molecule is [B]/C(C=C)=C/C(=NC)OC. The molecule has 52 valence electrons. The topological polar surface area (TPSA) is 21.6 Å². The molecule has 0 saturated carbocycles. The van der Waals surface area contributed by atoms with Gasteiger partial charge < -0.3 is 4.74 Å². The zero-order valence-electron chi connectivity index (χ0n) is 6.29. The Kier molecular flexibility index (Phi) is 4.38. The minimum Gasteiger partial charge on any atom is -0.481 e. The molecule has 0 amide bonds. The zero-order valence-corrected chi connectivity index (χ0v) is 6.29. The van der Waals surface area contributed by atoms with Crippen LogP contribution in [0.4, 0.5) is 0 Å². The molecular weight excluding hydrogens is 125 g/mol. The number of ether oxygens (including phenoxy) is 1. The lowest BCUT2D eigenvalue weighted by atomic mass is 9.96. The molecule has 0 saturated heterocycles. The summed E-state index contributed by atoms with van der Waals surface area (Å²) in [6.45, 7) is 3.48. The van der Waals surface area contributed by atoms with Crippen LogP contribution in [0, 0.1) is 0 Å². The van der Waals surface area contributed by atoms with Crippen LogP contribution in [0.5, 0.6) is 0 Å². The summed E-state index contributed by atoms with van der Waals surface area (Å²) in [5.74, 6) is 0.498. The van der Waals surface area contributed by atoms with Crippen LogP contribution in [0.3, 0.4) is 0 Å². The zero-order chi connectivity index (χ0) is 7.98. The van der Waals surface area contributed by atoms with Gasteiger partial charge in [-0.25, -0.2) is 0 Å². The second kappa shape index (κ2) is 4.85. The van der Waals surface area contributed by atoms with Crippen LogP contribution in [-0.4, -0.2) is 27.9 Å². The van der Waals surface area contributed by atoms with Crippen molar-refractivity contribution in [3.63, 3.8) is 0 Å². The monoisotopic (exact) mass is 135 g/mol. The van der Waals surface area contributed by atoms with E-state index in [-0.39, 0.29) is 0 Å². The van der Waals surface area contributed by atoms with Crippen molar-refractivity contribution in [1.29, 1.82) is 0 Å². The summed E-state index contributed by atoms with van der Waals surface area (Å²) in [5, 5.41) is 0. The summed E-state index contributed by atoms with van der Waals surface area (Å²) in [4.78, 5) is 3.78. The maximum absolute atomic E-state index is 5.41. The van der Waals surface area contributed by atoms with Gasteiger partial charge in [0.15, 0.2) is 0 Å². The fraction of sp³-hybridized carbons (Fsp3) is 0.286. The Morgan fingerprint density at radius 2 is 2.30 bits per heavy atom. The molecule has 0 bridgehead atoms. The summed E-state index contributed by atoms with van der Waals surface area (Å²) in [7, 11) is 8.57. The Labute approximate surface area is 62.7 Å². The smallest absolute Gasteiger partial charge is 0.207 e. The molecule has 0 heterocycles. The Balaban J connectivity index is 4.22. The molecule has 0 unspecified atom stereocenters. The first kappa shape index (κ1) is 9.01. The number of aliphatic imine (C=N–C) groups is 1. The summed E-state index contributed by atoms with van der Waals surface area (Å²) < 4.78 is 4.82. The molecule has 0 N–H and O–H groups in total. The average Bonchev–Trinajstić information content (AvgIpc) is 1.99. The van der Waals surface area contributed by atoms with Gasteiger partial charge in [0.05, 0.1) is 7.11 Å². The summed E-state index contributed by atoms with van der Waals surface area (Å²) in [5.41, 5.74) is 0.544. The number of allylic oxidation sites excluding steroid dienone is 2. The fourth-order valence-corrected chi connectivity index (χ4v) is 0.416. The first-order chi connectivity index (χ1) is 4.74. The van der Waals surface area contributed by atoms with Gasteiger partial charge in [-0.1, -0.05) is 18.1 Å². The molecular formula is C7H10BNO. The van der Waals surface area contributed by atoms with Crippen LogP contribution in [0.1, 0.15) is 0 Å². The lowest BCUT2D eigenvalue weighted by molar-refractivity contribution is 0.406. The van der Waals surface area contributed by atoms with E-state index < -0.39 is 0 Å². The van der Waals surface area contributed by atoms with E-state index in [0.717, 1.165) is 0 Å². The number of rotatable bonds is 2. The number of hydrogen-bond donors (Lipinski definition) is 0. The van der Waals surface area contributed by atoms with E-state index in [1.807, 2.05) is 0 Å². The van der Waals surface area contributed by atoms with E-state index in [1.165, 1.54) is 13.2 Å². The summed E-state index contributed by atoms with van der Waals surface area (Å²) in [6.07, 6.45) is 3.14. The summed E-state index contributed by atoms with van der Waals surface area (Å²) >= 11 is 0. The van der Waals surface area contributed by atoms with Gasteiger partial charge in [0.25, 0.3) is 0 Å². The largest absolute Gasteiger partial charge is 0.481 e. The highest BCUT2D eigenvalue weighted by Crippen LogP contribution is 1.90. The third-order valence-electron chi connectivity index (χ3n) is 0.955. The van der Waals surface area contributed by atoms with Crippen molar-refractivity contribution >= 4 is 13.7 Å². The van der Waals surface area contributed by atoms with Gasteiger partial charge in [-0.05, 0) is 6.08 Å². The van der Waals surface area contributed by atoms with E-state index in [0.29, 0.717) is 11.4 Å². The lowest BCUT2D eigenvalue weighted by Crippen LogP contribution is -1.97. The van der Waals surface area contributed by atoms with Gasteiger partial charge in [-0.15, -0.1) is 0 Å². The maximum atomic E-state index is 5.41. The highest BCUT2D eigenvalue weighted by atomic mass is 16.5. The van der Waals surface area contributed by atoms with Gasteiger partial charge in [0.2, 0.25) is 5.90 Å².